The van der Waals surface area contributed by atoms with E-state index in [1.165, 1.54) is 34.9 Å². The van der Waals surface area contributed by atoms with Gasteiger partial charge in [0.25, 0.3) is 6.43 Å². The summed E-state index contributed by atoms with van der Waals surface area (Å²) in [6, 6.07) is 5.66. The van der Waals surface area contributed by atoms with E-state index in [4.69, 9.17) is 0 Å². The lowest BCUT2D eigenvalue weighted by Crippen LogP contribution is -2.50. The van der Waals surface area contributed by atoms with Gasteiger partial charge in [0.05, 0.1) is 6.42 Å². The van der Waals surface area contributed by atoms with Crippen LogP contribution in [0.4, 0.5) is 8.78 Å². The number of hydrogen-bond acceptors (Lipinski definition) is 4. The summed E-state index contributed by atoms with van der Waals surface area (Å²) in [5, 5.41) is -0.836. The smallest absolute Gasteiger partial charge is 0.263 e. The molecule has 0 saturated carbocycles. The fraction of sp³-hybridized carbons (Fsp3) is 0.500. The van der Waals surface area contributed by atoms with Gasteiger partial charge in [0.1, 0.15) is 5.37 Å². The predicted octanol–water partition coefficient (Wildman–Crippen LogP) is 2.11. The lowest BCUT2D eigenvalue weighted by Gasteiger charge is -2.34. The Hall–Kier alpha value is -1.15. The summed E-state index contributed by atoms with van der Waals surface area (Å²) in [5.74, 6) is 0.679. The molecule has 2 rings (SSSR count). The van der Waals surface area contributed by atoms with Gasteiger partial charge in [-0.15, -0.1) is 0 Å². The molecule has 22 heavy (non-hydrogen) atoms. The fourth-order valence-corrected chi connectivity index (χ4v) is 5.17. The molecule has 0 aliphatic carbocycles. The first kappa shape index (κ1) is 17.2. The second-order valence-corrected chi connectivity index (χ2v) is 8.52. The molecule has 1 amide bonds. The molecule has 0 aromatic heterocycles. The van der Waals surface area contributed by atoms with Gasteiger partial charge in [-0.2, -0.15) is 11.8 Å². The number of hydrogen-bond donors (Lipinski definition) is 0. The van der Waals surface area contributed by atoms with Crippen molar-refractivity contribution in [2.24, 2.45) is 0 Å². The van der Waals surface area contributed by atoms with Gasteiger partial charge in [-0.3, -0.25) is 4.79 Å². The Labute approximate surface area is 132 Å². The molecule has 1 aliphatic heterocycles. The van der Waals surface area contributed by atoms with Crippen molar-refractivity contribution in [3.63, 3.8) is 0 Å². The molecule has 0 radical (unpaired) electrons. The molecule has 4 nitrogen and oxygen atoms in total. The molecule has 8 heteroatoms. The zero-order chi connectivity index (χ0) is 16.3. The van der Waals surface area contributed by atoms with E-state index in [0.717, 1.165) is 6.26 Å². The van der Waals surface area contributed by atoms with Crippen LogP contribution in [0.25, 0.3) is 0 Å². The molecule has 1 fully saturated rings. The van der Waals surface area contributed by atoms with Gasteiger partial charge < -0.3 is 4.90 Å². The molecule has 1 saturated heterocycles. The first-order valence-corrected chi connectivity index (χ1v) is 9.83. The van der Waals surface area contributed by atoms with Crippen molar-refractivity contribution in [2.75, 3.05) is 24.3 Å². The number of rotatable bonds is 4. The monoisotopic (exact) mass is 349 g/mol. The fourth-order valence-electron chi connectivity index (χ4n) is 2.34. The van der Waals surface area contributed by atoms with E-state index in [0.29, 0.717) is 23.6 Å². The predicted molar refractivity (Wildman–Crippen MR) is 82.8 cm³/mol. The molecule has 1 unspecified atom stereocenters. The van der Waals surface area contributed by atoms with Crippen molar-refractivity contribution >= 4 is 27.5 Å². The van der Waals surface area contributed by atoms with E-state index in [1.807, 2.05) is 0 Å². The van der Waals surface area contributed by atoms with Crippen LogP contribution in [-0.2, 0) is 21.1 Å². The Kier molecular flexibility index (Phi) is 5.44. The van der Waals surface area contributed by atoms with Crippen molar-refractivity contribution in [1.82, 2.24) is 4.90 Å². The third-order valence-corrected chi connectivity index (χ3v) is 6.10. The number of halogens is 2. The number of nitrogens with zero attached hydrogens (tertiary/aromatic N) is 1. The molecular weight excluding hydrogens is 332 g/mol. The van der Waals surface area contributed by atoms with Gasteiger partial charge in [-0.25, -0.2) is 17.2 Å². The maximum absolute atomic E-state index is 12.7. The third kappa shape index (κ3) is 4.19. The van der Waals surface area contributed by atoms with Crippen LogP contribution in [0.2, 0.25) is 0 Å². The topological polar surface area (TPSA) is 54.5 Å². The van der Waals surface area contributed by atoms with E-state index >= 15 is 0 Å². The lowest BCUT2D eigenvalue weighted by molar-refractivity contribution is -0.130. The van der Waals surface area contributed by atoms with Crippen LogP contribution in [0.3, 0.4) is 0 Å². The van der Waals surface area contributed by atoms with Gasteiger partial charge in [0.15, 0.2) is 9.84 Å². The first-order chi connectivity index (χ1) is 10.3. The average molecular weight is 349 g/mol. The van der Waals surface area contributed by atoms with E-state index in [2.05, 4.69) is 0 Å². The Bertz CT molecular complexity index is 649. The molecule has 1 aromatic carbocycles. The lowest BCUT2D eigenvalue weighted by atomic mass is 10.1. The minimum absolute atomic E-state index is 0.0722. The van der Waals surface area contributed by atoms with Crippen molar-refractivity contribution in [1.29, 1.82) is 0 Å². The highest BCUT2D eigenvalue weighted by Gasteiger charge is 2.33. The highest BCUT2D eigenvalue weighted by atomic mass is 32.2. The molecule has 1 atom stereocenters. The summed E-state index contributed by atoms with van der Waals surface area (Å²) >= 11 is 1.49. The van der Waals surface area contributed by atoms with Gasteiger partial charge >= 0.3 is 0 Å². The number of thioether (sulfide) groups is 1. The molecule has 0 bridgehead atoms. The molecule has 1 heterocycles. The Morgan fingerprint density at radius 1 is 1.45 bits per heavy atom. The maximum Gasteiger partial charge on any atom is 0.263 e. The van der Waals surface area contributed by atoms with Crippen molar-refractivity contribution in [2.45, 2.75) is 18.2 Å². The largest absolute Gasteiger partial charge is 0.324 e. The third-order valence-electron chi connectivity index (χ3n) is 3.46. The SMILES string of the molecule is CS(=O)(=O)C1CSCCN1C(=O)Cc1cccc(C(F)F)c1. The first-order valence-electron chi connectivity index (χ1n) is 6.72. The summed E-state index contributed by atoms with van der Waals surface area (Å²) < 4.78 is 48.9. The van der Waals surface area contributed by atoms with Gasteiger partial charge in [0.2, 0.25) is 5.91 Å². The summed E-state index contributed by atoms with van der Waals surface area (Å²) in [6.07, 6.45) is -1.55. The van der Waals surface area contributed by atoms with Crippen LogP contribution in [0.1, 0.15) is 17.6 Å². The standard InChI is InChI=1S/C14H17F2NO3S2/c1-22(19,20)13-9-21-6-5-17(13)12(18)8-10-3-2-4-11(7-10)14(15)16/h2-4,7,13-14H,5-6,8-9H2,1H3. The van der Waals surface area contributed by atoms with Crippen LogP contribution in [-0.4, -0.2) is 48.9 Å². The molecule has 122 valence electrons. The van der Waals surface area contributed by atoms with Crippen LogP contribution in [0.15, 0.2) is 24.3 Å². The summed E-state index contributed by atoms with van der Waals surface area (Å²) in [6.45, 7) is 0.357. The molecule has 0 N–H and O–H groups in total. The number of benzene rings is 1. The van der Waals surface area contributed by atoms with Crippen LogP contribution < -0.4 is 0 Å². The molecule has 1 aromatic rings. The molecule has 0 spiro atoms. The Morgan fingerprint density at radius 2 is 2.18 bits per heavy atom. The van der Waals surface area contributed by atoms with Crippen LogP contribution >= 0.6 is 11.8 Å². The maximum atomic E-state index is 12.7. The number of amides is 1. The number of carbonyl (C=O) groups excluding carboxylic acids is 1. The van der Waals surface area contributed by atoms with E-state index < -0.39 is 21.6 Å². The van der Waals surface area contributed by atoms with Gasteiger partial charge in [0, 0.05) is 29.9 Å². The van der Waals surface area contributed by atoms with E-state index in [-0.39, 0.29) is 17.9 Å². The van der Waals surface area contributed by atoms with Crippen LogP contribution in [0, 0.1) is 0 Å². The minimum atomic E-state index is -3.37. The van der Waals surface area contributed by atoms with E-state index in [1.54, 1.807) is 6.07 Å². The Morgan fingerprint density at radius 3 is 2.82 bits per heavy atom. The quantitative estimate of drug-likeness (QED) is 0.835. The molecular formula is C14H17F2NO3S2. The van der Waals surface area contributed by atoms with E-state index in [9.17, 15) is 22.0 Å². The second kappa shape index (κ2) is 6.95. The highest BCUT2D eigenvalue weighted by molar-refractivity contribution is 8.00. The van der Waals surface area contributed by atoms with Crippen molar-refractivity contribution in [3.05, 3.63) is 35.4 Å². The van der Waals surface area contributed by atoms with Gasteiger partial charge in [-0.05, 0) is 11.6 Å². The zero-order valence-electron chi connectivity index (χ0n) is 12.0. The zero-order valence-corrected chi connectivity index (χ0v) is 13.7. The second-order valence-electron chi connectivity index (χ2n) is 5.17. The van der Waals surface area contributed by atoms with Crippen molar-refractivity contribution < 1.29 is 22.0 Å². The number of alkyl halides is 2. The van der Waals surface area contributed by atoms with Gasteiger partial charge in [-0.1, -0.05) is 18.2 Å². The van der Waals surface area contributed by atoms with Crippen molar-refractivity contribution in [3.8, 4) is 0 Å². The number of sulfone groups is 1. The minimum Gasteiger partial charge on any atom is -0.324 e. The summed E-state index contributed by atoms with van der Waals surface area (Å²) in [5.41, 5.74) is 0.326. The Balaban J connectivity index is 2.15. The van der Waals surface area contributed by atoms with Crippen LogP contribution in [0.5, 0.6) is 0 Å². The molecule has 1 aliphatic rings. The summed E-state index contributed by atoms with van der Waals surface area (Å²) in [4.78, 5) is 13.7. The highest BCUT2D eigenvalue weighted by Crippen LogP contribution is 2.23. The summed E-state index contributed by atoms with van der Waals surface area (Å²) in [7, 11) is -3.37. The number of carbonyl (C=O) groups is 1. The average Bonchev–Trinajstić information content (AvgIpc) is 2.46. The normalized spacial score (nSPS) is 19.5.